The zero-order valence-electron chi connectivity index (χ0n) is 23.3. The maximum atomic E-state index is 14.0. The van der Waals surface area contributed by atoms with Crippen LogP contribution >= 0.6 is 0 Å². The van der Waals surface area contributed by atoms with Crippen LogP contribution in [0.2, 0.25) is 0 Å². The Bertz CT molecular complexity index is 1010. The fraction of sp³-hybridized carbons (Fsp3) is 0.833. The zero-order chi connectivity index (χ0) is 27.8. The number of nitrogens with two attached hydrogens (primary N) is 1. The predicted molar refractivity (Wildman–Crippen MR) is 143 cm³/mol. The van der Waals surface area contributed by atoms with Gasteiger partial charge in [-0.1, -0.05) is 37.7 Å². The van der Waals surface area contributed by atoms with Crippen molar-refractivity contribution in [3.05, 3.63) is 11.1 Å². The molecular formula is C30H46N2O7. The molecule has 0 aromatic rings. The second-order valence-electron chi connectivity index (χ2n) is 12.8. The predicted octanol–water partition coefficient (Wildman–Crippen LogP) is 2.31. The van der Waals surface area contributed by atoms with E-state index in [4.69, 9.17) is 15.2 Å². The Morgan fingerprint density at radius 3 is 2.36 bits per heavy atom. The summed E-state index contributed by atoms with van der Waals surface area (Å²) in [5.74, 6) is -1.98. The molecule has 5 aliphatic rings. The molecule has 3 saturated carbocycles. The Hall–Kier alpha value is -1.65. The number of aliphatic hydroxyl groups excluding tert-OH is 2. The lowest BCUT2D eigenvalue weighted by molar-refractivity contribution is -0.159. The van der Waals surface area contributed by atoms with Gasteiger partial charge in [-0.3, -0.25) is 9.59 Å². The highest BCUT2D eigenvalue weighted by Crippen LogP contribution is 2.62. The second-order valence-corrected chi connectivity index (χ2v) is 12.8. The summed E-state index contributed by atoms with van der Waals surface area (Å²) >= 11 is 0. The number of fused-ring (bicyclic) bond motifs is 2. The molecule has 3 aliphatic carbocycles. The van der Waals surface area contributed by atoms with Gasteiger partial charge in [-0.05, 0) is 75.3 Å². The van der Waals surface area contributed by atoms with Crippen molar-refractivity contribution in [2.75, 3.05) is 26.4 Å². The number of hydrogen-bond donors (Lipinski definition) is 4. The molecule has 5 N–H and O–H groups in total. The Morgan fingerprint density at radius 2 is 1.72 bits per heavy atom. The van der Waals surface area contributed by atoms with Gasteiger partial charge in [-0.2, -0.15) is 0 Å². The number of Topliss-reactive ketones (excluding diaryl/α,β-unsaturated/α-hetero) is 2. The zero-order valence-corrected chi connectivity index (χ0v) is 23.3. The summed E-state index contributed by atoms with van der Waals surface area (Å²) in [7, 11) is 0. The number of esters is 1. The standard InChI is InChI=1S/C30H46N2O7/c1-19(16-28(10-5-2-6-11-28)21-9-12-32-24(31)15-21)20(18-34)17-29-25(35)22-7-3-4-8-23(22)26(36)30(29,39-29)27(37)38-14-13-33/h21-24,32-34H,2-18,31H2,1H3/t21?,22?,23?,24?,29-,30-/m0/s1. The molecule has 9 nitrogen and oxygen atoms in total. The van der Waals surface area contributed by atoms with Crippen molar-refractivity contribution in [1.82, 2.24) is 5.32 Å². The van der Waals surface area contributed by atoms with E-state index in [1.54, 1.807) is 0 Å². The number of carbonyl (C=O) groups is 3. The Labute approximate surface area is 231 Å². The number of ether oxygens (including phenoxy) is 2. The average molecular weight is 547 g/mol. The van der Waals surface area contributed by atoms with Crippen molar-refractivity contribution in [2.24, 2.45) is 28.9 Å². The number of hydrogen-bond acceptors (Lipinski definition) is 9. The van der Waals surface area contributed by atoms with Crippen LogP contribution in [-0.4, -0.2) is 71.5 Å². The molecule has 39 heavy (non-hydrogen) atoms. The third-order valence-corrected chi connectivity index (χ3v) is 10.7. The largest absolute Gasteiger partial charge is 0.461 e. The molecule has 0 spiro atoms. The van der Waals surface area contributed by atoms with Gasteiger partial charge in [0, 0.05) is 18.3 Å². The van der Waals surface area contributed by atoms with Gasteiger partial charge in [0.1, 0.15) is 6.61 Å². The highest BCUT2D eigenvalue weighted by molar-refractivity contribution is 6.23. The topological polar surface area (TPSA) is 151 Å². The summed E-state index contributed by atoms with van der Waals surface area (Å²) in [6.07, 6.45) is 11.4. The maximum absolute atomic E-state index is 14.0. The summed E-state index contributed by atoms with van der Waals surface area (Å²) in [5, 5.41) is 23.2. The first-order valence-corrected chi connectivity index (χ1v) is 15.1. The number of carbonyl (C=O) groups excluding carboxylic acids is 3. The Balaban J connectivity index is 1.46. The van der Waals surface area contributed by atoms with Crippen molar-refractivity contribution in [2.45, 2.75) is 108 Å². The second kappa shape index (κ2) is 11.3. The normalized spacial score (nSPS) is 38.4. The van der Waals surface area contributed by atoms with Crippen molar-refractivity contribution >= 4 is 17.5 Å². The molecule has 5 rings (SSSR count). The molecule has 6 atom stereocenters. The average Bonchev–Trinajstić information content (AvgIpc) is 3.65. The van der Waals surface area contributed by atoms with E-state index in [9.17, 15) is 24.6 Å². The molecule has 2 aliphatic heterocycles. The summed E-state index contributed by atoms with van der Waals surface area (Å²) in [5.41, 5.74) is 4.47. The quantitative estimate of drug-likeness (QED) is 0.148. The van der Waals surface area contributed by atoms with E-state index < -0.39 is 29.0 Å². The highest BCUT2D eigenvalue weighted by Gasteiger charge is 2.87. The van der Waals surface area contributed by atoms with Gasteiger partial charge in [0.15, 0.2) is 17.2 Å². The molecular weight excluding hydrogens is 500 g/mol. The fourth-order valence-electron chi connectivity index (χ4n) is 8.61. The monoisotopic (exact) mass is 546 g/mol. The maximum Gasteiger partial charge on any atom is 0.350 e. The van der Waals surface area contributed by atoms with Crippen molar-refractivity contribution < 1.29 is 34.1 Å². The number of rotatable bonds is 9. The first-order chi connectivity index (χ1) is 18.7. The highest BCUT2D eigenvalue weighted by atomic mass is 16.7. The van der Waals surface area contributed by atoms with Gasteiger partial charge in [0.25, 0.3) is 5.60 Å². The minimum Gasteiger partial charge on any atom is -0.461 e. The lowest BCUT2D eigenvalue weighted by atomic mass is 9.59. The molecule has 0 bridgehead atoms. The molecule has 5 fully saturated rings. The van der Waals surface area contributed by atoms with Crippen molar-refractivity contribution in [3.8, 4) is 0 Å². The third-order valence-electron chi connectivity index (χ3n) is 10.7. The Kier molecular flexibility index (Phi) is 8.38. The van der Waals surface area contributed by atoms with E-state index in [2.05, 4.69) is 5.32 Å². The van der Waals surface area contributed by atoms with Crippen LogP contribution in [0.5, 0.6) is 0 Å². The van der Waals surface area contributed by atoms with Gasteiger partial charge in [-0.25, -0.2) is 4.79 Å². The van der Waals surface area contributed by atoms with E-state index in [0.717, 1.165) is 57.1 Å². The van der Waals surface area contributed by atoms with Crippen LogP contribution in [-0.2, 0) is 23.9 Å². The molecule has 0 aromatic heterocycles. The molecule has 218 valence electrons. The number of piperidine rings is 1. The summed E-state index contributed by atoms with van der Waals surface area (Å²) in [6.45, 7) is 2.00. The smallest absolute Gasteiger partial charge is 0.350 e. The first kappa shape index (κ1) is 28.9. The van der Waals surface area contributed by atoms with E-state index in [-0.39, 0.29) is 49.4 Å². The lowest BCUT2D eigenvalue weighted by Crippen LogP contribution is -2.58. The summed E-state index contributed by atoms with van der Waals surface area (Å²) in [4.78, 5) is 41.1. The molecule has 0 amide bonds. The van der Waals surface area contributed by atoms with Gasteiger partial charge >= 0.3 is 5.97 Å². The van der Waals surface area contributed by atoms with Crippen LogP contribution in [0.4, 0.5) is 0 Å². The molecule has 2 saturated heterocycles. The molecule has 2 heterocycles. The molecule has 0 aromatic carbocycles. The SMILES string of the molecule is CC(CC1(C2CCNC(N)C2)CCCCC1)=C(CO)C[C@@]12O[C@]1(C(=O)OCCO)C(=O)C1CCCCC1C2=O. The number of epoxide rings is 1. The molecule has 0 radical (unpaired) electrons. The number of allylic oxidation sites excluding steroid dienone is 1. The minimum atomic E-state index is -1.97. The summed E-state index contributed by atoms with van der Waals surface area (Å²) < 4.78 is 11.2. The van der Waals surface area contributed by atoms with E-state index in [1.807, 2.05) is 6.92 Å². The van der Waals surface area contributed by atoms with Crippen LogP contribution in [0, 0.1) is 23.2 Å². The van der Waals surface area contributed by atoms with E-state index in [0.29, 0.717) is 24.3 Å². The van der Waals surface area contributed by atoms with Crippen molar-refractivity contribution in [1.29, 1.82) is 0 Å². The van der Waals surface area contributed by atoms with Gasteiger partial charge in [-0.15, -0.1) is 0 Å². The van der Waals surface area contributed by atoms with Gasteiger partial charge < -0.3 is 30.7 Å². The fourth-order valence-corrected chi connectivity index (χ4v) is 8.61. The minimum absolute atomic E-state index is 0.0113. The third kappa shape index (κ3) is 4.82. The van der Waals surface area contributed by atoms with Gasteiger partial charge in [0.05, 0.1) is 19.4 Å². The molecule has 9 heteroatoms. The number of ketones is 2. The van der Waals surface area contributed by atoms with Crippen LogP contribution in [0.3, 0.4) is 0 Å². The molecule has 4 unspecified atom stereocenters. The van der Waals surface area contributed by atoms with Crippen molar-refractivity contribution in [3.63, 3.8) is 0 Å². The van der Waals surface area contributed by atoms with E-state index in [1.165, 1.54) is 19.3 Å². The van der Waals surface area contributed by atoms with E-state index >= 15 is 0 Å². The van der Waals surface area contributed by atoms with Crippen LogP contribution in [0.25, 0.3) is 0 Å². The van der Waals surface area contributed by atoms with Gasteiger partial charge in [0.2, 0.25) is 0 Å². The number of nitrogens with one attached hydrogen (secondary N) is 1. The summed E-state index contributed by atoms with van der Waals surface area (Å²) in [6, 6.07) is 0. The lowest BCUT2D eigenvalue weighted by Gasteiger charge is -2.47. The van der Waals surface area contributed by atoms with Crippen LogP contribution in [0.15, 0.2) is 11.1 Å². The van der Waals surface area contributed by atoms with Crippen LogP contribution in [0.1, 0.15) is 90.4 Å². The number of aliphatic hydroxyl groups is 2. The first-order valence-electron chi connectivity index (χ1n) is 15.1. The Morgan fingerprint density at radius 1 is 1.03 bits per heavy atom. The van der Waals surface area contributed by atoms with Crippen LogP contribution < -0.4 is 11.1 Å².